The van der Waals surface area contributed by atoms with Gasteiger partial charge in [0.2, 0.25) is 0 Å². The van der Waals surface area contributed by atoms with Gasteiger partial charge in [-0.2, -0.15) is 0 Å². The highest BCUT2D eigenvalue weighted by atomic mass is 32.1. The lowest BCUT2D eigenvalue weighted by Crippen LogP contribution is -2.38. The van der Waals surface area contributed by atoms with Crippen molar-refractivity contribution in [3.8, 4) is 0 Å². The summed E-state index contributed by atoms with van der Waals surface area (Å²) in [4.78, 5) is 19.0. The van der Waals surface area contributed by atoms with Gasteiger partial charge in [-0.25, -0.2) is 4.98 Å². The Kier molecular flexibility index (Phi) is 3.49. The molecule has 1 amide bonds. The van der Waals surface area contributed by atoms with Crippen molar-refractivity contribution in [1.29, 1.82) is 0 Å². The third-order valence-corrected chi connectivity index (χ3v) is 4.21. The van der Waals surface area contributed by atoms with E-state index < -0.39 is 0 Å². The highest BCUT2D eigenvalue weighted by molar-refractivity contribution is 7.11. The van der Waals surface area contributed by atoms with Crippen molar-refractivity contribution in [2.24, 2.45) is 5.92 Å². The Hall–Kier alpha value is -0.940. The lowest BCUT2D eigenvalue weighted by Gasteiger charge is -2.26. The number of likely N-dealkylation sites (tertiary alicyclic amines) is 1. The zero-order valence-electron chi connectivity index (χ0n) is 10.4. The van der Waals surface area contributed by atoms with Crippen LogP contribution in [-0.2, 0) is 0 Å². The van der Waals surface area contributed by atoms with Crippen molar-refractivity contribution >= 4 is 17.2 Å². The maximum absolute atomic E-state index is 12.4. The minimum atomic E-state index is -0.389. The van der Waals surface area contributed by atoms with E-state index in [9.17, 15) is 9.90 Å². The van der Waals surface area contributed by atoms with Crippen LogP contribution in [0.4, 0.5) is 0 Å². The number of hydrogen-bond donors (Lipinski definition) is 1. The number of β-amino-alcohol motifs (C(OH)–C–C–N with tert-alkyl or cyclic N) is 1. The molecule has 0 aromatic carbocycles. The number of nitrogens with zero attached hydrogens (tertiary/aromatic N) is 2. The molecule has 2 heterocycles. The van der Waals surface area contributed by atoms with Crippen LogP contribution >= 0.6 is 11.3 Å². The lowest BCUT2D eigenvalue weighted by atomic mass is 10.0. The van der Waals surface area contributed by atoms with Gasteiger partial charge in [0.05, 0.1) is 17.3 Å². The molecule has 1 fully saturated rings. The molecule has 0 bridgehead atoms. The summed E-state index contributed by atoms with van der Waals surface area (Å²) in [6.45, 7) is 6.46. The van der Waals surface area contributed by atoms with E-state index in [1.54, 1.807) is 10.4 Å². The molecule has 5 heteroatoms. The maximum Gasteiger partial charge on any atom is 0.266 e. The monoisotopic (exact) mass is 254 g/mol. The number of aliphatic hydroxyl groups excluding tert-OH is 1. The molecule has 2 rings (SSSR count). The van der Waals surface area contributed by atoms with Crippen LogP contribution in [0, 0.1) is 12.8 Å². The Balaban J connectivity index is 2.22. The van der Waals surface area contributed by atoms with Crippen molar-refractivity contribution < 1.29 is 9.90 Å². The minimum absolute atomic E-state index is 0.0141. The topological polar surface area (TPSA) is 53.4 Å². The molecule has 1 aliphatic rings. The number of aromatic nitrogens is 1. The number of aliphatic hydroxyl groups is 1. The van der Waals surface area contributed by atoms with Crippen LogP contribution in [0.1, 0.15) is 35.6 Å². The Morgan fingerprint density at radius 1 is 1.65 bits per heavy atom. The smallest absolute Gasteiger partial charge is 0.266 e. The summed E-state index contributed by atoms with van der Waals surface area (Å²) in [5.74, 6) is 0.379. The SMILES string of the molecule is Cc1ncsc1C(=O)N1C[C@H](O)C[C@H]1C(C)C. The van der Waals surface area contributed by atoms with Crippen LogP contribution in [0.15, 0.2) is 5.51 Å². The van der Waals surface area contributed by atoms with E-state index in [0.717, 1.165) is 5.69 Å². The zero-order valence-corrected chi connectivity index (χ0v) is 11.2. The predicted octanol–water partition coefficient (Wildman–Crippen LogP) is 1.68. The van der Waals surface area contributed by atoms with Crippen molar-refractivity contribution in [3.63, 3.8) is 0 Å². The van der Waals surface area contributed by atoms with Gasteiger partial charge in [0.1, 0.15) is 4.88 Å². The first-order valence-corrected chi connectivity index (χ1v) is 6.77. The van der Waals surface area contributed by atoms with E-state index in [0.29, 0.717) is 23.8 Å². The Bertz CT molecular complexity index is 416. The van der Waals surface area contributed by atoms with E-state index >= 15 is 0 Å². The van der Waals surface area contributed by atoms with Gasteiger partial charge in [-0.3, -0.25) is 4.79 Å². The maximum atomic E-state index is 12.4. The van der Waals surface area contributed by atoms with Gasteiger partial charge >= 0.3 is 0 Å². The van der Waals surface area contributed by atoms with Crippen molar-refractivity contribution in [2.45, 2.75) is 39.3 Å². The summed E-state index contributed by atoms with van der Waals surface area (Å²) in [6.07, 6.45) is 0.293. The van der Waals surface area contributed by atoms with Gasteiger partial charge in [-0.1, -0.05) is 13.8 Å². The van der Waals surface area contributed by atoms with Crippen molar-refractivity contribution in [2.75, 3.05) is 6.54 Å². The first kappa shape index (κ1) is 12.5. The third kappa shape index (κ3) is 2.35. The molecular formula is C12H18N2O2S. The van der Waals surface area contributed by atoms with Gasteiger partial charge in [0.15, 0.2) is 0 Å². The molecule has 0 radical (unpaired) electrons. The number of rotatable bonds is 2. The van der Waals surface area contributed by atoms with E-state index in [1.807, 2.05) is 6.92 Å². The summed E-state index contributed by atoms with van der Waals surface area (Å²) in [5.41, 5.74) is 2.48. The zero-order chi connectivity index (χ0) is 12.6. The van der Waals surface area contributed by atoms with Crippen LogP contribution in [0.25, 0.3) is 0 Å². The number of aryl methyl sites for hydroxylation is 1. The summed E-state index contributed by atoms with van der Waals surface area (Å²) in [6, 6.07) is 0.138. The molecule has 0 spiro atoms. The second kappa shape index (κ2) is 4.74. The van der Waals surface area contributed by atoms with Gasteiger partial charge in [-0.15, -0.1) is 11.3 Å². The average molecular weight is 254 g/mol. The van der Waals surface area contributed by atoms with Crippen LogP contribution in [0.3, 0.4) is 0 Å². The first-order valence-electron chi connectivity index (χ1n) is 5.89. The summed E-state index contributed by atoms with van der Waals surface area (Å²) in [7, 11) is 0. The van der Waals surface area contributed by atoms with Crippen molar-refractivity contribution in [3.05, 3.63) is 16.1 Å². The molecule has 0 unspecified atom stereocenters. The van der Waals surface area contributed by atoms with Crippen LogP contribution < -0.4 is 0 Å². The molecule has 1 aromatic rings. The molecule has 1 aliphatic heterocycles. The lowest BCUT2D eigenvalue weighted by molar-refractivity contribution is 0.0690. The Morgan fingerprint density at radius 3 is 2.88 bits per heavy atom. The van der Waals surface area contributed by atoms with E-state index in [2.05, 4.69) is 18.8 Å². The fourth-order valence-electron chi connectivity index (χ4n) is 2.35. The highest BCUT2D eigenvalue weighted by Crippen LogP contribution is 2.27. The van der Waals surface area contributed by atoms with E-state index in [4.69, 9.17) is 0 Å². The molecule has 17 heavy (non-hydrogen) atoms. The highest BCUT2D eigenvalue weighted by Gasteiger charge is 2.37. The van der Waals surface area contributed by atoms with Crippen LogP contribution in [0.2, 0.25) is 0 Å². The summed E-state index contributed by atoms with van der Waals surface area (Å²) < 4.78 is 0. The van der Waals surface area contributed by atoms with Crippen LogP contribution in [0.5, 0.6) is 0 Å². The van der Waals surface area contributed by atoms with E-state index in [-0.39, 0.29) is 18.1 Å². The quantitative estimate of drug-likeness (QED) is 0.873. The Labute approximate surface area is 105 Å². The minimum Gasteiger partial charge on any atom is -0.391 e. The van der Waals surface area contributed by atoms with Gasteiger partial charge in [0.25, 0.3) is 5.91 Å². The molecule has 1 aromatic heterocycles. The second-order valence-corrected chi connectivity index (χ2v) is 5.78. The number of carbonyl (C=O) groups is 1. The van der Waals surface area contributed by atoms with Gasteiger partial charge < -0.3 is 10.0 Å². The second-order valence-electron chi connectivity index (χ2n) is 4.93. The molecule has 94 valence electrons. The number of hydrogen-bond acceptors (Lipinski definition) is 4. The van der Waals surface area contributed by atoms with Gasteiger partial charge in [0, 0.05) is 12.6 Å². The fourth-order valence-corrected chi connectivity index (χ4v) is 3.10. The number of carbonyl (C=O) groups excluding carboxylic acids is 1. The molecular weight excluding hydrogens is 236 g/mol. The fraction of sp³-hybridized carbons (Fsp3) is 0.667. The summed E-state index contributed by atoms with van der Waals surface area (Å²) in [5, 5.41) is 9.73. The summed E-state index contributed by atoms with van der Waals surface area (Å²) >= 11 is 1.38. The van der Waals surface area contributed by atoms with Crippen molar-refractivity contribution in [1.82, 2.24) is 9.88 Å². The molecule has 4 nitrogen and oxygen atoms in total. The molecule has 0 saturated carbocycles. The molecule has 1 saturated heterocycles. The predicted molar refractivity (Wildman–Crippen MR) is 67.1 cm³/mol. The third-order valence-electron chi connectivity index (χ3n) is 3.29. The molecule has 1 N–H and O–H groups in total. The number of thiazole rings is 1. The average Bonchev–Trinajstić information content (AvgIpc) is 2.83. The number of amides is 1. The molecule has 2 atom stereocenters. The van der Waals surface area contributed by atoms with Gasteiger partial charge in [-0.05, 0) is 19.3 Å². The first-order chi connectivity index (χ1) is 8.00. The molecule has 0 aliphatic carbocycles. The standard InChI is InChI=1S/C12H18N2O2S/c1-7(2)10-4-9(15)5-14(10)12(16)11-8(3)13-6-17-11/h6-7,9-10,15H,4-5H2,1-3H3/t9-,10+/m1/s1. The Morgan fingerprint density at radius 2 is 2.35 bits per heavy atom. The van der Waals surface area contributed by atoms with Crippen LogP contribution in [-0.4, -0.2) is 39.6 Å². The van der Waals surface area contributed by atoms with E-state index in [1.165, 1.54) is 11.3 Å². The normalized spacial score (nSPS) is 24.6. The largest absolute Gasteiger partial charge is 0.391 e.